The Kier molecular flexibility index (Phi) is 3.28. The molecule has 0 aliphatic heterocycles. The van der Waals surface area contributed by atoms with Gasteiger partial charge >= 0.3 is 6.18 Å². The van der Waals surface area contributed by atoms with E-state index < -0.39 is 11.7 Å². The minimum absolute atomic E-state index is 0.00918. The Morgan fingerprint density at radius 2 is 2.06 bits per heavy atom. The topological polar surface area (TPSA) is 36.7 Å². The van der Waals surface area contributed by atoms with E-state index in [9.17, 15) is 13.2 Å². The molecular weight excluding hydrogens is 285 g/mol. The predicted octanol–water partition coefficient (Wildman–Crippen LogP) is 4.35. The number of halogens is 4. The molecule has 0 aliphatic carbocycles. The first kappa shape index (κ1) is 12.9. The second-order valence-electron chi connectivity index (χ2n) is 3.37. The highest BCUT2D eigenvalue weighted by atomic mass is 35.5. The molecule has 0 saturated carbocycles. The molecule has 18 heavy (non-hydrogen) atoms. The molecule has 1 aromatic carbocycles. The molecule has 2 nitrogen and oxygen atoms in total. The van der Waals surface area contributed by atoms with Gasteiger partial charge in [0, 0.05) is 0 Å². The monoisotopic (exact) mass is 288 g/mol. The van der Waals surface area contributed by atoms with Crippen LogP contribution in [-0.4, -0.2) is 4.37 Å². The molecule has 0 radical (unpaired) electrons. The van der Waals surface area contributed by atoms with Gasteiger partial charge in [-0.3, -0.25) is 0 Å². The van der Waals surface area contributed by atoms with Gasteiger partial charge in [0.05, 0.1) is 10.4 Å². The van der Waals surface area contributed by atoms with Gasteiger partial charge in [0.2, 0.25) is 0 Å². The van der Waals surface area contributed by atoms with Crippen LogP contribution in [0.25, 0.3) is 10.4 Å². The van der Waals surface area contributed by atoms with Crippen molar-refractivity contribution in [3.8, 4) is 16.5 Å². The molecule has 0 atom stereocenters. The first-order valence-corrected chi connectivity index (χ1v) is 5.81. The first-order chi connectivity index (χ1) is 8.43. The van der Waals surface area contributed by atoms with Crippen molar-refractivity contribution >= 4 is 23.1 Å². The summed E-state index contributed by atoms with van der Waals surface area (Å²) in [4.78, 5) is 0.341. The Morgan fingerprint density at radius 3 is 2.67 bits per heavy atom. The molecular formula is C11H4ClF3N2S. The van der Waals surface area contributed by atoms with Gasteiger partial charge in [0.1, 0.15) is 11.6 Å². The normalized spacial score (nSPS) is 11.3. The fourth-order valence-electron chi connectivity index (χ4n) is 1.40. The highest BCUT2D eigenvalue weighted by Gasteiger charge is 2.30. The lowest BCUT2D eigenvalue weighted by Gasteiger charge is -2.07. The number of aromatic nitrogens is 1. The van der Waals surface area contributed by atoms with E-state index in [4.69, 9.17) is 16.9 Å². The number of hydrogen-bond acceptors (Lipinski definition) is 3. The lowest BCUT2D eigenvalue weighted by molar-refractivity contribution is -0.137. The maximum Gasteiger partial charge on any atom is 0.416 e. The minimum atomic E-state index is -4.42. The second-order valence-corrected chi connectivity index (χ2v) is 4.50. The van der Waals surface area contributed by atoms with E-state index in [1.165, 1.54) is 12.1 Å². The molecule has 2 rings (SSSR count). The van der Waals surface area contributed by atoms with Crippen LogP contribution in [0.15, 0.2) is 24.3 Å². The van der Waals surface area contributed by atoms with Gasteiger partial charge in [-0.05, 0) is 29.2 Å². The van der Waals surface area contributed by atoms with Crippen LogP contribution in [0.3, 0.4) is 0 Å². The number of hydrogen-bond donors (Lipinski definition) is 0. The molecule has 0 saturated heterocycles. The summed E-state index contributed by atoms with van der Waals surface area (Å²) in [6.07, 6.45) is -4.42. The SMILES string of the molecule is N#Cc1c(Cl)nsc1-c1cccc(C(F)(F)F)c1. The van der Waals surface area contributed by atoms with Gasteiger partial charge in [0.15, 0.2) is 5.15 Å². The molecule has 92 valence electrons. The lowest BCUT2D eigenvalue weighted by atomic mass is 10.1. The van der Waals surface area contributed by atoms with Crippen molar-refractivity contribution in [2.45, 2.75) is 6.18 Å². The fraction of sp³-hybridized carbons (Fsp3) is 0.0909. The van der Waals surface area contributed by atoms with E-state index in [1.807, 2.05) is 6.07 Å². The van der Waals surface area contributed by atoms with Gasteiger partial charge in [0.25, 0.3) is 0 Å². The van der Waals surface area contributed by atoms with Crippen LogP contribution in [0.5, 0.6) is 0 Å². The zero-order valence-electron chi connectivity index (χ0n) is 8.62. The van der Waals surface area contributed by atoms with Crippen molar-refractivity contribution in [1.82, 2.24) is 4.37 Å². The highest BCUT2D eigenvalue weighted by Crippen LogP contribution is 2.36. The van der Waals surface area contributed by atoms with E-state index in [2.05, 4.69) is 4.37 Å². The van der Waals surface area contributed by atoms with Crippen LogP contribution < -0.4 is 0 Å². The number of nitriles is 1. The Labute approximate surface area is 109 Å². The Bertz CT molecular complexity index is 628. The fourth-order valence-corrected chi connectivity index (χ4v) is 2.43. The molecule has 2 aromatic rings. The average Bonchev–Trinajstić information content (AvgIpc) is 2.69. The van der Waals surface area contributed by atoms with Crippen molar-refractivity contribution in [1.29, 1.82) is 5.26 Å². The van der Waals surface area contributed by atoms with E-state index in [0.29, 0.717) is 4.88 Å². The zero-order valence-corrected chi connectivity index (χ0v) is 10.2. The van der Waals surface area contributed by atoms with Crippen molar-refractivity contribution in [2.24, 2.45) is 0 Å². The highest BCUT2D eigenvalue weighted by molar-refractivity contribution is 7.10. The van der Waals surface area contributed by atoms with Gasteiger partial charge in [-0.15, -0.1) is 0 Å². The number of rotatable bonds is 1. The molecule has 0 N–H and O–H groups in total. The second kappa shape index (κ2) is 4.59. The Balaban J connectivity index is 2.56. The molecule has 0 fully saturated rings. The van der Waals surface area contributed by atoms with Crippen LogP contribution in [-0.2, 0) is 6.18 Å². The summed E-state index contributed by atoms with van der Waals surface area (Å²) in [5.74, 6) is 0. The van der Waals surface area contributed by atoms with Crippen molar-refractivity contribution < 1.29 is 13.2 Å². The molecule has 1 aromatic heterocycles. The maximum absolute atomic E-state index is 12.6. The first-order valence-electron chi connectivity index (χ1n) is 4.66. The van der Waals surface area contributed by atoms with Crippen LogP contribution in [0.4, 0.5) is 13.2 Å². The molecule has 0 spiro atoms. The summed E-state index contributed by atoms with van der Waals surface area (Å²) in [5.41, 5.74) is -0.389. The summed E-state index contributed by atoms with van der Waals surface area (Å²) < 4.78 is 41.5. The number of nitrogens with zero attached hydrogens (tertiary/aromatic N) is 2. The number of benzene rings is 1. The summed E-state index contributed by atoms with van der Waals surface area (Å²) in [5, 5.41) is 8.90. The molecule has 0 aliphatic rings. The zero-order chi connectivity index (χ0) is 13.3. The third-order valence-corrected chi connectivity index (χ3v) is 3.48. The summed E-state index contributed by atoms with van der Waals surface area (Å²) in [6.45, 7) is 0. The third kappa shape index (κ3) is 2.33. The van der Waals surface area contributed by atoms with Crippen LogP contribution >= 0.6 is 23.1 Å². The quantitative estimate of drug-likeness (QED) is 0.782. The lowest BCUT2D eigenvalue weighted by Crippen LogP contribution is -2.04. The standard InChI is InChI=1S/C11H4ClF3N2S/c12-10-8(5-16)9(18-17-10)6-2-1-3-7(4-6)11(13,14)15/h1-4H. The van der Waals surface area contributed by atoms with E-state index in [-0.39, 0.29) is 16.3 Å². The number of alkyl halides is 3. The summed E-state index contributed by atoms with van der Waals surface area (Å²) >= 11 is 6.58. The van der Waals surface area contributed by atoms with Gasteiger partial charge in [-0.2, -0.15) is 22.8 Å². The van der Waals surface area contributed by atoms with Gasteiger partial charge in [-0.25, -0.2) is 0 Å². The Hall–Kier alpha value is -1.58. The smallest absolute Gasteiger partial charge is 0.192 e. The van der Waals surface area contributed by atoms with Crippen molar-refractivity contribution in [2.75, 3.05) is 0 Å². The molecule has 7 heteroatoms. The summed E-state index contributed by atoms with van der Waals surface area (Å²) in [6, 6.07) is 6.55. The molecule has 0 bridgehead atoms. The molecule has 0 amide bonds. The van der Waals surface area contributed by atoms with Crippen molar-refractivity contribution in [3.63, 3.8) is 0 Å². The molecule has 0 unspecified atom stereocenters. The van der Waals surface area contributed by atoms with Crippen molar-refractivity contribution in [3.05, 3.63) is 40.5 Å². The average molecular weight is 289 g/mol. The van der Waals surface area contributed by atoms with E-state index in [1.54, 1.807) is 0 Å². The Morgan fingerprint density at radius 1 is 1.33 bits per heavy atom. The molecule has 1 heterocycles. The van der Waals surface area contributed by atoms with E-state index in [0.717, 1.165) is 23.7 Å². The third-order valence-electron chi connectivity index (χ3n) is 2.21. The summed E-state index contributed by atoms with van der Waals surface area (Å²) in [7, 11) is 0. The van der Waals surface area contributed by atoms with Gasteiger partial charge in [-0.1, -0.05) is 23.7 Å². The predicted molar refractivity (Wildman–Crippen MR) is 62.3 cm³/mol. The van der Waals surface area contributed by atoms with Crippen LogP contribution in [0, 0.1) is 11.3 Å². The largest absolute Gasteiger partial charge is 0.416 e. The van der Waals surface area contributed by atoms with E-state index >= 15 is 0 Å². The van der Waals surface area contributed by atoms with Gasteiger partial charge < -0.3 is 0 Å². The van der Waals surface area contributed by atoms with Crippen LogP contribution in [0.1, 0.15) is 11.1 Å². The van der Waals surface area contributed by atoms with Crippen LogP contribution in [0.2, 0.25) is 5.15 Å². The maximum atomic E-state index is 12.6. The minimum Gasteiger partial charge on any atom is -0.192 e.